The minimum atomic E-state index is -0.132. The third-order valence-electron chi connectivity index (χ3n) is 4.89. The summed E-state index contributed by atoms with van der Waals surface area (Å²) in [6, 6.07) is 17.0. The van der Waals surface area contributed by atoms with E-state index in [0.717, 1.165) is 41.5 Å². The van der Waals surface area contributed by atoms with Crippen LogP contribution in [0.5, 0.6) is 0 Å². The monoisotopic (exact) mass is 403 g/mol. The second-order valence-electron chi connectivity index (χ2n) is 7.31. The van der Waals surface area contributed by atoms with Gasteiger partial charge in [-0.25, -0.2) is 4.98 Å². The molecular weight excluding hydrogens is 378 g/mol. The second kappa shape index (κ2) is 8.92. The fraction of sp³-hybridized carbons (Fsp3) is 0.261. The van der Waals surface area contributed by atoms with E-state index in [2.05, 4.69) is 25.5 Å². The zero-order valence-electron chi connectivity index (χ0n) is 17.2. The number of amides is 1. The molecule has 1 aliphatic rings. The van der Waals surface area contributed by atoms with Crippen molar-refractivity contribution in [1.82, 2.24) is 9.97 Å². The number of aromatic nitrogens is 2. The summed E-state index contributed by atoms with van der Waals surface area (Å²) < 4.78 is 5.42. The smallest absolute Gasteiger partial charge is 0.255 e. The van der Waals surface area contributed by atoms with Gasteiger partial charge in [0.25, 0.3) is 5.91 Å². The fourth-order valence-electron chi connectivity index (χ4n) is 3.24. The van der Waals surface area contributed by atoms with Gasteiger partial charge in [-0.15, -0.1) is 0 Å². The Morgan fingerprint density at radius 3 is 2.30 bits per heavy atom. The van der Waals surface area contributed by atoms with E-state index in [1.165, 1.54) is 0 Å². The number of morpholine rings is 1. The van der Waals surface area contributed by atoms with Crippen LogP contribution in [0.1, 0.15) is 21.6 Å². The quantitative estimate of drug-likeness (QED) is 0.672. The summed E-state index contributed by atoms with van der Waals surface area (Å²) in [5.74, 6) is 1.32. The van der Waals surface area contributed by atoms with Gasteiger partial charge in [0, 0.05) is 41.8 Å². The Bertz CT molecular complexity index is 1010. The van der Waals surface area contributed by atoms with Crippen molar-refractivity contribution in [3.05, 3.63) is 71.4 Å². The van der Waals surface area contributed by atoms with Gasteiger partial charge in [0.1, 0.15) is 5.82 Å². The zero-order chi connectivity index (χ0) is 20.9. The lowest BCUT2D eigenvalue weighted by Crippen LogP contribution is -2.36. The van der Waals surface area contributed by atoms with Crippen LogP contribution >= 0.6 is 0 Å². The fourth-order valence-corrected chi connectivity index (χ4v) is 3.24. The lowest BCUT2D eigenvalue weighted by atomic mass is 10.1. The highest BCUT2D eigenvalue weighted by Crippen LogP contribution is 2.21. The molecule has 0 saturated carbocycles. The molecule has 1 fully saturated rings. The van der Waals surface area contributed by atoms with Crippen LogP contribution < -0.4 is 15.5 Å². The van der Waals surface area contributed by atoms with Gasteiger partial charge in [-0.05, 0) is 50.2 Å². The van der Waals surface area contributed by atoms with Gasteiger partial charge in [0.15, 0.2) is 0 Å². The first kappa shape index (κ1) is 19.8. The Kier molecular flexibility index (Phi) is 5.90. The molecule has 1 aromatic heterocycles. The third kappa shape index (κ3) is 4.93. The van der Waals surface area contributed by atoms with E-state index in [0.29, 0.717) is 24.7 Å². The van der Waals surface area contributed by atoms with Crippen molar-refractivity contribution in [2.24, 2.45) is 0 Å². The first-order valence-electron chi connectivity index (χ1n) is 10.0. The van der Waals surface area contributed by atoms with Crippen LogP contribution in [0.15, 0.2) is 54.6 Å². The average molecular weight is 403 g/mol. The van der Waals surface area contributed by atoms with Gasteiger partial charge in [0.2, 0.25) is 5.95 Å². The normalized spacial score (nSPS) is 13.7. The standard InChI is InChI=1S/C23H25N5O2/c1-16-3-5-18(6-4-16)22(29)25-19-7-9-20(10-8-19)26-23-24-17(2)15-21(27-23)28-11-13-30-14-12-28/h3-10,15H,11-14H2,1-2H3,(H,25,29)(H,24,26,27). The molecule has 30 heavy (non-hydrogen) atoms. The highest BCUT2D eigenvalue weighted by atomic mass is 16.5. The summed E-state index contributed by atoms with van der Waals surface area (Å²) in [6.07, 6.45) is 0. The van der Waals surface area contributed by atoms with E-state index in [1.54, 1.807) is 0 Å². The number of carbonyl (C=O) groups excluding carboxylic acids is 1. The van der Waals surface area contributed by atoms with E-state index < -0.39 is 0 Å². The molecule has 0 aliphatic carbocycles. The molecule has 0 spiro atoms. The van der Waals surface area contributed by atoms with E-state index in [1.807, 2.05) is 68.4 Å². The SMILES string of the molecule is Cc1ccc(C(=O)Nc2ccc(Nc3nc(C)cc(N4CCOCC4)n3)cc2)cc1. The van der Waals surface area contributed by atoms with Crippen LogP contribution in [-0.4, -0.2) is 42.2 Å². The third-order valence-corrected chi connectivity index (χ3v) is 4.89. The van der Waals surface area contributed by atoms with Crippen molar-refractivity contribution in [3.63, 3.8) is 0 Å². The highest BCUT2D eigenvalue weighted by Gasteiger charge is 2.14. The maximum absolute atomic E-state index is 12.4. The molecule has 2 N–H and O–H groups in total. The number of rotatable bonds is 5. The van der Waals surface area contributed by atoms with Crippen molar-refractivity contribution in [2.45, 2.75) is 13.8 Å². The maximum Gasteiger partial charge on any atom is 0.255 e. The van der Waals surface area contributed by atoms with E-state index in [9.17, 15) is 4.79 Å². The van der Waals surface area contributed by atoms with Gasteiger partial charge < -0.3 is 20.3 Å². The number of carbonyl (C=O) groups is 1. The number of aryl methyl sites for hydroxylation is 2. The molecule has 7 nitrogen and oxygen atoms in total. The topological polar surface area (TPSA) is 79.4 Å². The van der Waals surface area contributed by atoms with Crippen molar-refractivity contribution in [3.8, 4) is 0 Å². The number of hydrogen-bond acceptors (Lipinski definition) is 6. The number of ether oxygens (including phenoxy) is 1. The molecule has 0 radical (unpaired) electrons. The summed E-state index contributed by atoms with van der Waals surface area (Å²) in [5.41, 5.74) is 4.23. The van der Waals surface area contributed by atoms with Gasteiger partial charge in [-0.2, -0.15) is 4.98 Å². The molecule has 154 valence electrons. The molecule has 0 atom stereocenters. The summed E-state index contributed by atoms with van der Waals surface area (Å²) in [4.78, 5) is 23.7. The first-order chi connectivity index (χ1) is 14.6. The predicted molar refractivity (Wildman–Crippen MR) is 119 cm³/mol. The van der Waals surface area contributed by atoms with Crippen LogP contribution in [0.3, 0.4) is 0 Å². The van der Waals surface area contributed by atoms with E-state index in [-0.39, 0.29) is 5.91 Å². The van der Waals surface area contributed by atoms with Crippen molar-refractivity contribution < 1.29 is 9.53 Å². The highest BCUT2D eigenvalue weighted by molar-refractivity contribution is 6.04. The number of hydrogen-bond donors (Lipinski definition) is 2. The van der Waals surface area contributed by atoms with Crippen LogP contribution in [0.25, 0.3) is 0 Å². The van der Waals surface area contributed by atoms with Crippen molar-refractivity contribution in [1.29, 1.82) is 0 Å². The molecule has 4 rings (SSSR count). The van der Waals surface area contributed by atoms with Gasteiger partial charge >= 0.3 is 0 Å². The summed E-state index contributed by atoms with van der Waals surface area (Å²) in [6.45, 7) is 7.02. The second-order valence-corrected chi connectivity index (χ2v) is 7.31. The molecule has 3 aromatic rings. The van der Waals surface area contributed by atoms with Crippen molar-refractivity contribution in [2.75, 3.05) is 41.8 Å². The van der Waals surface area contributed by atoms with Gasteiger partial charge in [-0.3, -0.25) is 4.79 Å². The Labute approximate surface area is 176 Å². The summed E-state index contributed by atoms with van der Waals surface area (Å²) in [7, 11) is 0. The van der Waals surface area contributed by atoms with Gasteiger partial charge in [-0.1, -0.05) is 17.7 Å². The van der Waals surface area contributed by atoms with E-state index >= 15 is 0 Å². The van der Waals surface area contributed by atoms with Crippen molar-refractivity contribution >= 4 is 29.0 Å². The zero-order valence-corrected chi connectivity index (χ0v) is 17.2. The number of anilines is 4. The maximum atomic E-state index is 12.4. The first-order valence-corrected chi connectivity index (χ1v) is 10.0. The Morgan fingerprint density at radius 2 is 1.60 bits per heavy atom. The molecule has 1 aliphatic heterocycles. The van der Waals surface area contributed by atoms with Crippen LogP contribution in [0.2, 0.25) is 0 Å². The van der Waals surface area contributed by atoms with Gasteiger partial charge in [0.05, 0.1) is 13.2 Å². The Morgan fingerprint density at radius 1 is 0.933 bits per heavy atom. The molecule has 0 unspecified atom stereocenters. The van der Waals surface area contributed by atoms with E-state index in [4.69, 9.17) is 4.74 Å². The summed E-state index contributed by atoms with van der Waals surface area (Å²) in [5, 5.41) is 6.16. The predicted octanol–water partition coefficient (Wildman–Crippen LogP) is 3.93. The summed E-state index contributed by atoms with van der Waals surface area (Å²) >= 11 is 0. The lowest BCUT2D eigenvalue weighted by molar-refractivity contribution is 0.102. The lowest BCUT2D eigenvalue weighted by Gasteiger charge is -2.28. The molecule has 0 bridgehead atoms. The Balaban J connectivity index is 1.42. The largest absolute Gasteiger partial charge is 0.378 e. The average Bonchev–Trinajstić information content (AvgIpc) is 2.76. The number of nitrogens with zero attached hydrogens (tertiary/aromatic N) is 3. The molecule has 2 aromatic carbocycles. The molecule has 7 heteroatoms. The minimum Gasteiger partial charge on any atom is -0.378 e. The molecule has 1 saturated heterocycles. The Hall–Kier alpha value is -3.45. The minimum absolute atomic E-state index is 0.132. The molecule has 2 heterocycles. The van der Waals surface area contributed by atoms with Crippen LogP contribution in [-0.2, 0) is 4.74 Å². The molecular formula is C23H25N5O2. The number of benzene rings is 2. The van der Waals surface area contributed by atoms with Crippen LogP contribution in [0.4, 0.5) is 23.1 Å². The number of nitrogens with one attached hydrogen (secondary N) is 2. The van der Waals surface area contributed by atoms with Crippen LogP contribution in [0, 0.1) is 13.8 Å². The molecule has 1 amide bonds.